The Kier molecular flexibility index (Phi) is 6.52. The molecule has 0 aromatic heterocycles. The quantitative estimate of drug-likeness (QED) is 0.723. The van der Waals surface area contributed by atoms with Gasteiger partial charge in [-0.15, -0.1) is 0 Å². The summed E-state index contributed by atoms with van der Waals surface area (Å²) in [7, 11) is 1.94. The fourth-order valence-corrected chi connectivity index (χ4v) is 1.75. The van der Waals surface area contributed by atoms with Crippen molar-refractivity contribution in [1.82, 2.24) is 4.90 Å². The van der Waals surface area contributed by atoms with Crippen LogP contribution < -0.4 is 0 Å². The molecule has 0 aliphatic carbocycles. The van der Waals surface area contributed by atoms with Crippen molar-refractivity contribution in [3.8, 4) is 11.8 Å². The smallest absolute Gasteiger partial charge is 0.159 e. The number of nitrogens with zero attached hydrogens (tertiary/aromatic N) is 1. The Balaban J connectivity index is 2.52. The SMILES string of the molecule is C=C(CN(C)C/C=C/C#CC(C)(C)C)c1ccc(F)c(F)c1. The maximum Gasteiger partial charge on any atom is 0.159 e. The lowest BCUT2D eigenvalue weighted by atomic mass is 9.98. The van der Waals surface area contributed by atoms with Crippen molar-refractivity contribution in [3.63, 3.8) is 0 Å². The van der Waals surface area contributed by atoms with Gasteiger partial charge in [-0.3, -0.25) is 4.90 Å². The summed E-state index contributed by atoms with van der Waals surface area (Å²) in [6, 6.07) is 3.84. The van der Waals surface area contributed by atoms with Crippen LogP contribution in [0.25, 0.3) is 5.57 Å². The van der Waals surface area contributed by atoms with Crippen molar-refractivity contribution in [2.45, 2.75) is 20.8 Å². The molecule has 1 aromatic rings. The second kappa shape index (κ2) is 7.91. The average Bonchev–Trinajstić information content (AvgIpc) is 2.40. The molecule has 0 radical (unpaired) electrons. The summed E-state index contributed by atoms with van der Waals surface area (Å²) in [5, 5.41) is 0. The number of hydrogen-bond acceptors (Lipinski definition) is 1. The molecule has 0 spiro atoms. The van der Waals surface area contributed by atoms with Crippen molar-refractivity contribution in [1.29, 1.82) is 0 Å². The molecule has 22 heavy (non-hydrogen) atoms. The Bertz CT molecular complexity index is 613. The molecule has 0 saturated carbocycles. The van der Waals surface area contributed by atoms with Crippen LogP contribution in [0.3, 0.4) is 0 Å². The third-order valence-corrected chi connectivity index (χ3v) is 2.85. The third-order valence-electron chi connectivity index (χ3n) is 2.85. The highest BCUT2D eigenvalue weighted by atomic mass is 19.2. The van der Waals surface area contributed by atoms with Crippen LogP contribution in [0, 0.1) is 28.9 Å². The lowest BCUT2D eigenvalue weighted by Gasteiger charge is -2.16. The van der Waals surface area contributed by atoms with E-state index in [2.05, 4.69) is 39.2 Å². The standard InChI is InChI=1S/C19H23F2N/c1-15(16-9-10-17(20)18(21)13-16)14-22(5)12-8-6-7-11-19(2,3)4/h6,8-10,13H,1,12,14H2,2-5H3/b8-6+. The zero-order valence-corrected chi connectivity index (χ0v) is 13.7. The Morgan fingerprint density at radius 1 is 1.27 bits per heavy atom. The molecule has 0 N–H and O–H groups in total. The van der Waals surface area contributed by atoms with Crippen LogP contribution in [-0.4, -0.2) is 25.0 Å². The topological polar surface area (TPSA) is 3.24 Å². The Labute approximate surface area is 132 Å². The van der Waals surface area contributed by atoms with Crippen molar-refractivity contribution < 1.29 is 8.78 Å². The van der Waals surface area contributed by atoms with Crippen LogP contribution in [0.5, 0.6) is 0 Å². The van der Waals surface area contributed by atoms with E-state index in [9.17, 15) is 8.78 Å². The monoisotopic (exact) mass is 303 g/mol. The highest BCUT2D eigenvalue weighted by Gasteiger charge is 2.07. The van der Waals surface area contributed by atoms with Crippen LogP contribution in [0.1, 0.15) is 26.3 Å². The molecule has 0 fully saturated rings. The van der Waals surface area contributed by atoms with Crippen LogP contribution in [0.2, 0.25) is 0 Å². The largest absolute Gasteiger partial charge is 0.298 e. The summed E-state index contributed by atoms with van der Waals surface area (Å²) in [4.78, 5) is 2.03. The molecule has 0 aliphatic rings. The summed E-state index contributed by atoms with van der Waals surface area (Å²) in [6.45, 7) is 11.4. The van der Waals surface area contributed by atoms with Crippen LogP contribution >= 0.6 is 0 Å². The van der Waals surface area contributed by atoms with E-state index in [0.717, 1.165) is 11.6 Å². The zero-order chi connectivity index (χ0) is 16.8. The second-order valence-electron chi connectivity index (χ2n) is 6.35. The summed E-state index contributed by atoms with van der Waals surface area (Å²) in [5.74, 6) is 4.44. The van der Waals surface area contributed by atoms with Crippen molar-refractivity contribution in [2.75, 3.05) is 20.1 Å². The van der Waals surface area contributed by atoms with Crippen LogP contribution in [-0.2, 0) is 0 Å². The fourth-order valence-electron chi connectivity index (χ4n) is 1.75. The van der Waals surface area contributed by atoms with Gasteiger partial charge in [0.1, 0.15) is 0 Å². The van der Waals surface area contributed by atoms with E-state index in [0.29, 0.717) is 18.7 Å². The molecule has 0 aliphatic heterocycles. The molecule has 1 aromatic carbocycles. The molecule has 0 amide bonds. The van der Waals surface area contributed by atoms with Gasteiger partial charge in [-0.25, -0.2) is 8.78 Å². The van der Waals surface area contributed by atoms with Gasteiger partial charge >= 0.3 is 0 Å². The molecule has 1 nitrogen and oxygen atoms in total. The first-order chi connectivity index (χ1) is 10.2. The number of benzene rings is 1. The van der Waals surface area contributed by atoms with E-state index < -0.39 is 11.6 Å². The highest BCUT2D eigenvalue weighted by Crippen LogP contribution is 2.16. The van der Waals surface area contributed by atoms with E-state index in [1.54, 1.807) is 6.07 Å². The van der Waals surface area contributed by atoms with E-state index in [1.165, 1.54) is 6.07 Å². The summed E-state index contributed by atoms with van der Waals surface area (Å²) in [5.41, 5.74) is 1.36. The lowest BCUT2D eigenvalue weighted by molar-refractivity contribution is 0.418. The van der Waals surface area contributed by atoms with Gasteiger partial charge in [0.15, 0.2) is 11.6 Å². The van der Waals surface area contributed by atoms with Crippen LogP contribution in [0.15, 0.2) is 36.9 Å². The minimum Gasteiger partial charge on any atom is -0.298 e. The maximum absolute atomic E-state index is 13.2. The molecule has 0 unspecified atom stereocenters. The molecule has 118 valence electrons. The highest BCUT2D eigenvalue weighted by molar-refractivity contribution is 5.64. The van der Waals surface area contributed by atoms with Gasteiger partial charge in [-0.05, 0) is 57.2 Å². The predicted molar refractivity (Wildman–Crippen MR) is 89.3 cm³/mol. The molecule has 3 heteroatoms. The predicted octanol–water partition coefficient (Wildman–Crippen LogP) is 4.52. The van der Waals surface area contributed by atoms with Crippen molar-refractivity contribution in [3.05, 3.63) is 54.1 Å². The number of rotatable bonds is 5. The summed E-state index contributed by atoms with van der Waals surface area (Å²) in [6.07, 6.45) is 3.80. The number of allylic oxidation sites excluding steroid dienone is 1. The first-order valence-corrected chi connectivity index (χ1v) is 7.18. The molecule has 0 bridgehead atoms. The van der Waals surface area contributed by atoms with E-state index in [-0.39, 0.29) is 5.41 Å². The van der Waals surface area contributed by atoms with Gasteiger partial charge in [0.25, 0.3) is 0 Å². The maximum atomic E-state index is 13.2. The fraction of sp³-hybridized carbons (Fsp3) is 0.368. The minimum absolute atomic E-state index is 0.00279. The molecule has 1 rings (SSSR count). The van der Waals surface area contributed by atoms with E-state index in [1.807, 2.05) is 24.1 Å². The van der Waals surface area contributed by atoms with Crippen LogP contribution in [0.4, 0.5) is 8.78 Å². The number of hydrogen-bond donors (Lipinski definition) is 0. The Morgan fingerprint density at radius 2 is 1.95 bits per heavy atom. The number of likely N-dealkylation sites (N-methyl/N-ethyl adjacent to an activating group) is 1. The molecule has 0 saturated heterocycles. The van der Waals surface area contributed by atoms with Gasteiger partial charge in [-0.1, -0.05) is 30.6 Å². The van der Waals surface area contributed by atoms with E-state index >= 15 is 0 Å². The Hall–Kier alpha value is -1.92. The summed E-state index contributed by atoms with van der Waals surface area (Å²) >= 11 is 0. The second-order valence-corrected chi connectivity index (χ2v) is 6.35. The normalized spacial score (nSPS) is 11.6. The first kappa shape index (κ1) is 18.1. The molecule has 0 heterocycles. The average molecular weight is 303 g/mol. The van der Waals surface area contributed by atoms with Gasteiger partial charge in [0, 0.05) is 18.5 Å². The summed E-state index contributed by atoms with van der Waals surface area (Å²) < 4.78 is 26.1. The molecular weight excluding hydrogens is 280 g/mol. The first-order valence-electron chi connectivity index (χ1n) is 7.18. The Morgan fingerprint density at radius 3 is 2.55 bits per heavy atom. The van der Waals surface area contributed by atoms with E-state index in [4.69, 9.17) is 0 Å². The van der Waals surface area contributed by atoms with Gasteiger partial charge in [0.05, 0.1) is 0 Å². The lowest BCUT2D eigenvalue weighted by Crippen LogP contribution is -2.20. The van der Waals surface area contributed by atoms with Crippen molar-refractivity contribution in [2.24, 2.45) is 5.41 Å². The van der Waals surface area contributed by atoms with Gasteiger partial charge < -0.3 is 0 Å². The number of halogens is 2. The minimum atomic E-state index is -0.848. The molecular formula is C19H23F2N. The molecule has 0 atom stereocenters. The zero-order valence-electron chi connectivity index (χ0n) is 13.7. The van der Waals surface area contributed by atoms with Gasteiger partial charge in [0.2, 0.25) is 0 Å². The van der Waals surface area contributed by atoms with Crippen molar-refractivity contribution >= 4 is 5.57 Å². The van der Waals surface area contributed by atoms with Gasteiger partial charge in [-0.2, -0.15) is 0 Å². The third kappa shape index (κ3) is 6.69.